The number of fused-ring (bicyclic) bond motifs is 1. The van der Waals surface area contributed by atoms with E-state index in [-0.39, 0.29) is 15.9 Å². The van der Waals surface area contributed by atoms with Gasteiger partial charge in [0.1, 0.15) is 0 Å². The molecule has 22 heavy (non-hydrogen) atoms. The Hall–Kier alpha value is -2.21. The molecule has 0 radical (unpaired) electrons. The Morgan fingerprint density at radius 3 is 2.36 bits per heavy atom. The van der Waals surface area contributed by atoms with Crippen LogP contribution in [0.1, 0.15) is 10.4 Å². The summed E-state index contributed by atoms with van der Waals surface area (Å²) in [7, 11) is 0. The fraction of sp³-hybridized carbons (Fsp3) is 0. The number of nitrogens with zero attached hydrogens (tertiary/aromatic N) is 2. The second kappa shape index (κ2) is 5.88. The van der Waals surface area contributed by atoms with Crippen LogP contribution in [-0.4, -0.2) is 15.9 Å². The monoisotopic (exact) mass is 333 g/mol. The maximum absolute atomic E-state index is 11.9. The number of halogens is 2. The number of benzene rings is 2. The zero-order chi connectivity index (χ0) is 15.7. The van der Waals surface area contributed by atoms with Gasteiger partial charge in [-0.05, 0) is 17.7 Å². The van der Waals surface area contributed by atoms with Crippen molar-refractivity contribution in [2.75, 3.05) is 0 Å². The summed E-state index contributed by atoms with van der Waals surface area (Å²) in [5, 5.41) is 0.159. The molecule has 3 aromatic rings. The summed E-state index contributed by atoms with van der Waals surface area (Å²) in [6, 6.07) is 12.4. The first-order chi connectivity index (χ1) is 10.6. The zero-order valence-electron chi connectivity index (χ0n) is 11.1. The van der Waals surface area contributed by atoms with Gasteiger partial charge in [0.05, 0.1) is 16.6 Å². The largest absolute Gasteiger partial charge is 0.370 e. The van der Waals surface area contributed by atoms with Gasteiger partial charge in [0.15, 0.2) is 10.3 Å². The van der Waals surface area contributed by atoms with Gasteiger partial charge in [0, 0.05) is 5.56 Å². The number of aromatic nitrogens is 2. The number of nitrogens with two attached hydrogens (primary N) is 1. The molecule has 2 N–H and O–H groups in total. The summed E-state index contributed by atoms with van der Waals surface area (Å²) in [4.78, 5) is 24.7. The van der Waals surface area contributed by atoms with Crippen LogP contribution in [-0.2, 0) is 4.84 Å². The molecule has 0 aliphatic carbocycles. The Kier molecular flexibility index (Phi) is 3.94. The van der Waals surface area contributed by atoms with E-state index in [1.165, 1.54) is 0 Å². The van der Waals surface area contributed by atoms with E-state index in [4.69, 9.17) is 29.1 Å². The third kappa shape index (κ3) is 2.50. The first kappa shape index (κ1) is 14.7. The fourth-order valence-corrected chi connectivity index (χ4v) is 2.47. The zero-order valence-corrected chi connectivity index (χ0v) is 12.6. The van der Waals surface area contributed by atoms with Gasteiger partial charge in [0.25, 0.3) is 0 Å². The van der Waals surface area contributed by atoms with Gasteiger partial charge in [-0.2, -0.15) is 5.90 Å². The van der Waals surface area contributed by atoms with Gasteiger partial charge >= 0.3 is 5.97 Å². The molecule has 0 atom stereocenters. The molecular weight excluding hydrogens is 325 g/mol. The quantitative estimate of drug-likeness (QED) is 0.724. The van der Waals surface area contributed by atoms with Crippen LogP contribution in [0, 0.1) is 0 Å². The van der Waals surface area contributed by atoms with Crippen molar-refractivity contribution in [3.05, 3.63) is 58.3 Å². The summed E-state index contributed by atoms with van der Waals surface area (Å²) in [5.74, 6) is 4.34. The molecule has 0 saturated carbocycles. The third-order valence-electron chi connectivity index (χ3n) is 3.14. The topological polar surface area (TPSA) is 78.1 Å². The maximum atomic E-state index is 11.9. The first-order valence-electron chi connectivity index (χ1n) is 6.24. The van der Waals surface area contributed by atoms with Crippen LogP contribution < -0.4 is 5.90 Å². The van der Waals surface area contributed by atoms with Crippen molar-refractivity contribution < 1.29 is 9.63 Å². The van der Waals surface area contributed by atoms with Gasteiger partial charge in [-0.3, -0.25) is 0 Å². The number of carbonyl (C=O) groups is 1. The average Bonchev–Trinajstić information content (AvgIpc) is 2.55. The van der Waals surface area contributed by atoms with Crippen LogP contribution in [0.5, 0.6) is 0 Å². The number of rotatable bonds is 2. The minimum Gasteiger partial charge on any atom is -0.370 e. The van der Waals surface area contributed by atoms with E-state index in [0.29, 0.717) is 16.6 Å². The van der Waals surface area contributed by atoms with Crippen molar-refractivity contribution in [3.8, 4) is 11.1 Å². The van der Waals surface area contributed by atoms with Gasteiger partial charge < -0.3 is 4.84 Å². The Bertz CT molecular complexity index is 870. The van der Waals surface area contributed by atoms with E-state index < -0.39 is 5.97 Å². The Morgan fingerprint density at radius 2 is 1.68 bits per heavy atom. The van der Waals surface area contributed by atoms with Gasteiger partial charge in [-0.1, -0.05) is 53.5 Å². The molecule has 0 unspecified atom stereocenters. The molecule has 0 aliphatic rings. The summed E-state index contributed by atoms with van der Waals surface area (Å²) in [6.07, 6.45) is 0. The van der Waals surface area contributed by atoms with Crippen LogP contribution in [0.2, 0.25) is 10.3 Å². The molecule has 3 rings (SSSR count). The van der Waals surface area contributed by atoms with Crippen LogP contribution in [0.4, 0.5) is 0 Å². The Balaban J connectivity index is 2.42. The lowest BCUT2D eigenvalue weighted by molar-refractivity contribution is 0.0504. The standard InChI is InChI=1S/C15H9Cl2N3O2/c16-13-14(17)20-12-10(19-13)7-6-9(15(21)22-18)11(12)8-4-2-1-3-5-8/h1-7H,18H2. The SMILES string of the molecule is NOC(=O)c1ccc2nc(Cl)c(Cl)nc2c1-c1ccccc1. The molecule has 0 saturated heterocycles. The van der Waals surface area contributed by atoms with E-state index in [0.717, 1.165) is 5.56 Å². The molecule has 0 aliphatic heterocycles. The molecule has 5 nitrogen and oxygen atoms in total. The lowest BCUT2D eigenvalue weighted by Gasteiger charge is -2.11. The van der Waals surface area contributed by atoms with Crippen LogP contribution in [0.25, 0.3) is 22.2 Å². The molecule has 0 spiro atoms. The van der Waals surface area contributed by atoms with Gasteiger partial charge in [-0.25, -0.2) is 14.8 Å². The smallest absolute Gasteiger partial charge is 0.357 e. The van der Waals surface area contributed by atoms with Crippen molar-refractivity contribution >= 4 is 40.2 Å². The lowest BCUT2D eigenvalue weighted by Crippen LogP contribution is -2.12. The highest BCUT2D eigenvalue weighted by molar-refractivity contribution is 6.40. The molecule has 7 heteroatoms. The third-order valence-corrected chi connectivity index (χ3v) is 3.77. The summed E-state index contributed by atoms with van der Waals surface area (Å²) >= 11 is 11.9. The van der Waals surface area contributed by atoms with Crippen LogP contribution >= 0.6 is 23.2 Å². The lowest BCUT2D eigenvalue weighted by atomic mass is 9.98. The van der Waals surface area contributed by atoms with Crippen molar-refractivity contribution in [1.82, 2.24) is 9.97 Å². The second-order valence-corrected chi connectivity index (χ2v) is 5.15. The van der Waals surface area contributed by atoms with E-state index in [1.54, 1.807) is 12.1 Å². The highest BCUT2D eigenvalue weighted by Gasteiger charge is 2.19. The number of hydrogen-bond donors (Lipinski definition) is 1. The van der Waals surface area contributed by atoms with Crippen molar-refractivity contribution in [2.45, 2.75) is 0 Å². The highest BCUT2D eigenvalue weighted by Crippen LogP contribution is 2.33. The van der Waals surface area contributed by atoms with Crippen molar-refractivity contribution in [1.29, 1.82) is 0 Å². The number of hydrogen-bond acceptors (Lipinski definition) is 5. The predicted octanol–water partition coefficient (Wildman–Crippen LogP) is 3.63. The van der Waals surface area contributed by atoms with E-state index in [2.05, 4.69) is 14.8 Å². The van der Waals surface area contributed by atoms with Crippen LogP contribution in [0.3, 0.4) is 0 Å². The fourth-order valence-electron chi connectivity index (χ4n) is 2.21. The van der Waals surface area contributed by atoms with E-state index >= 15 is 0 Å². The molecular formula is C15H9Cl2N3O2. The highest BCUT2D eigenvalue weighted by atomic mass is 35.5. The Labute approximate surface area is 135 Å². The molecule has 2 aromatic carbocycles. The minimum atomic E-state index is -0.673. The first-order valence-corrected chi connectivity index (χ1v) is 6.99. The summed E-state index contributed by atoms with van der Waals surface area (Å²) in [6.45, 7) is 0. The minimum absolute atomic E-state index is 0.0598. The molecule has 110 valence electrons. The second-order valence-electron chi connectivity index (χ2n) is 4.43. The summed E-state index contributed by atoms with van der Waals surface area (Å²) < 4.78 is 0. The maximum Gasteiger partial charge on any atom is 0.357 e. The molecule has 1 aromatic heterocycles. The van der Waals surface area contributed by atoms with E-state index in [1.807, 2.05) is 30.3 Å². The molecule has 1 heterocycles. The van der Waals surface area contributed by atoms with Gasteiger partial charge in [-0.15, -0.1) is 0 Å². The number of carbonyl (C=O) groups excluding carboxylic acids is 1. The predicted molar refractivity (Wildman–Crippen MR) is 84.6 cm³/mol. The van der Waals surface area contributed by atoms with Gasteiger partial charge in [0.2, 0.25) is 0 Å². The van der Waals surface area contributed by atoms with E-state index in [9.17, 15) is 4.79 Å². The normalized spacial score (nSPS) is 10.7. The van der Waals surface area contributed by atoms with Crippen LogP contribution in [0.15, 0.2) is 42.5 Å². The molecule has 0 bridgehead atoms. The average molecular weight is 334 g/mol. The van der Waals surface area contributed by atoms with Crippen molar-refractivity contribution in [2.24, 2.45) is 5.90 Å². The molecule has 0 fully saturated rings. The van der Waals surface area contributed by atoms with Crippen molar-refractivity contribution in [3.63, 3.8) is 0 Å². The molecule has 0 amide bonds. The summed E-state index contributed by atoms with van der Waals surface area (Å²) in [5.41, 5.74) is 2.54. The Morgan fingerprint density at radius 1 is 1.00 bits per heavy atom.